The Hall–Kier alpha value is -0.610. The summed E-state index contributed by atoms with van der Waals surface area (Å²) >= 11 is 0. The van der Waals surface area contributed by atoms with Crippen molar-refractivity contribution in [1.29, 1.82) is 0 Å². The van der Waals surface area contributed by atoms with Gasteiger partial charge in [-0.2, -0.15) is 0 Å². The molecule has 4 N–H and O–H groups in total. The van der Waals surface area contributed by atoms with Crippen LogP contribution >= 0.6 is 0 Å². The van der Waals surface area contributed by atoms with E-state index >= 15 is 0 Å². The van der Waals surface area contributed by atoms with Gasteiger partial charge in [0.25, 0.3) is 0 Å². The molecular weight excluding hydrogens is 204 g/mol. The summed E-state index contributed by atoms with van der Waals surface area (Å²) < 4.78 is 0. The van der Waals surface area contributed by atoms with Crippen LogP contribution in [0.15, 0.2) is 0 Å². The van der Waals surface area contributed by atoms with Crippen molar-refractivity contribution in [3.63, 3.8) is 0 Å². The largest absolute Gasteiger partial charge is 0.388 e. The average Bonchev–Trinajstić information content (AvgIpc) is 2.28. The first-order valence-corrected chi connectivity index (χ1v) is 6.29. The van der Waals surface area contributed by atoms with Gasteiger partial charge in [0.1, 0.15) is 0 Å². The summed E-state index contributed by atoms with van der Waals surface area (Å²) in [5, 5.41) is 13.0. The first-order chi connectivity index (χ1) is 7.59. The Labute approximate surface area is 97.6 Å². The summed E-state index contributed by atoms with van der Waals surface area (Å²) in [6, 6.07) is 0. The van der Waals surface area contributed by atoms with E-state index in [0.717, 1.165) is 31.6 Å². The average molecular weight is 228 g/mol. The Morgan fingerprint density at radius 3 is 2.62 bits per heavy atom. The summed E-state index contributed by atoms with van der Waals surface area (Å²) in [5.41, 5.74) is 4.60. The molecule has 1 amide bonds. The van der Waals surface area contributed by atoms with Crippen molar-refractivity contribution in [3.05, 3.63) is 0 Å². The molecule has 0 saturated heterocycles. The van der Waals surface area contributed by atoms with E-state index in [0.29, 0.717) is 19.5 Å². The van der Waals surface area contributed by atoms with E-state index in [1.807, 2.05) is 0 Å². The van der Waals surface area contributed by atoms with E-state index in [1.54, 1.807) is 0 Å². The third-order valence-electron chi connectivity index (χ3n) is 3.60. The smallest absolute Gasteiger partial charge is 0.221 e. The predicted octanol–water partition coefficient (Wildman–Crippen LogP) is 0.783. The lowest BCUT2D eigenvalue weighted by atomic mass is 9.78. The van der Waals surface area contributed by atoms with Crippen LogP contribution in [0.2, 0.25) is 0 Å². The second-order valence-corrected chi connectivity index (χ2v) is 4.89. The van der Waals surface area contributed by atoms with E-state index in [4.69, 9.17) is 5.73 Å². The predicted molar refractivity (Wildman–Crippen MR) is 63.9 cm³/mol. The Balaban J connectivity index is 2.28. The van der Waals surface area contributed by atoms with Crippen LogP contribution < -0.4 is 11.1 Å². The van der Waals surface area contributed by atoms with Gasteiger partial charge < -0.3 is 16.2 Å². The highest BCUT2D eigenvalue weighted by Gasteiger charge is 2.32. The molecule has 0 spiro atoms. The topological polar surface area (TPSA) is 75.3 Å². The fraction of sp³-hybridized carbons (Fsp3) is 0.917. The van der Waals surface area contributed by atoms with Crippen LogP contribution in [0.4, 0.5) is 0 Å². The third-order valence-corrected chi connectivity index (χ3v) is 3.60. The van der Waals surface area contributed by atoms with Crippen LogP contribution in [0, 0.1) is 5.92 Å². The maximum atomic E-state index is 11.2. The van der Waals surface area contributed by atoms with E-state index in [9.17, 15) is 9.90 Å². The zero-order valence-corrected chi connectivity index (χ0v) is 10.2. The van der Waals surface area contributed by atoms with Crippen LogP contribution in [-0.2, 0) is 4.79 Å². The van der Waals surface area contributed by atoms with Crippen molar-refractivity contribution in [2.45, 2.75) is 51.0 Å². The van der Waals surface area contributed by atoms with Crippen molar-refractivity contribution in [3.8, 4) is 0 Å². The number of rotatable bonds is 5. The van der Waals surface area contributed by atoms with Crippen LogP contribution in [0.25, 0.3) is 0 Å². The molecule has 0 atom stereocenters. The van der Waals surface area contributed by atoms with E-state index in [-0.39, 0.29) is 5.91 Å². The normalized spacial score (nSPS) is 30.1. The summed E-state index contributed by atoms with van der Waals surface area (Å²) in [4.78, 5) is 11.2. The Morgan fingerprint density at radius 1 is 1.50 bits per heavy atom. The molecule has 0 aromatic rings. The fourth-order valence-corrected chi connectivity index (χ4v) is 2.28. The Bertz CT molecular complexity index is 223. The lowest BCUT2D eigenvalue weighted by Gasteiger charge is -2.35. The summed E-state index contributed by atoms with van der Waals surface area (Å²) in [6.45, 7) is 2.93. The Kier molecular flexibility index (Phi) is 5.22. The van der Waals surface area contributed by atoms with Gasteiger partial charge in [0, 0.05) is 19.5 Å². The minimum Gasteiger partial charge on any atom is -0.388 e. The molecule has 0 aliphatic heterocycles. The van der Waals surface area contributed by atoms with Crippen LogP contribution in [-0.4, -0.2) is 29.7 Å². The number of nitrogens with one attached hydrogen (secondary N) is 1. The van der Waals surface area contributed by atoms with Crippen LogP contribution in [0.3, 0.4) is 0 Å². The number of nitrogens with two attached hydrogens (primary N) is 1. The van der Waals surface area contributed by atoms with Crippen molar-refractivity contribution < 1.29 is 9.90 Å². The molecule has 0 aromatic carbocycles. The molecule has 4 heteroatoms. The molecule has 0 heterocycles. The molecule has 1 aliphatic carbocycles. The lowest BCUT2D eigenvalue weighted by Crippen LogP contribution is -2.45. The maximum Gasteiger partial charge on any atom is 0.221 e. The number of carbonyl (C=O) groups excluding carboxylic acids is 1. The number of aliphatic hydroxyl groups is 1. The number of hydrogen-bond donors (Lipinski definition) is 3. The number of carbonyl (C=O) groups is 1. The highest BCUT2D eigenvalue weighted by atomic mass is 16.3. The molecule has 0 unspecified atom stereocenters. The monoisotopic (exact) mass is 228 g/mol. The highest BCUT2D eigenvalue weighted by molar-refractivity contribution is 5.76. The molecule has 4 nitrogen and oxygen atoms in total. The fourth-order valence-electron chi connectivity index (χ4n) is 2.28. The van der Waals surface area contributed by atoms with Gasteiger partial charge in [-0.25, -0.2) is 0 Å². The zero-order valence-electron chi connectivity index (χ0n) is 10.2. The number of hydrogen-bond acceptors (Lipinski definition) is 3. The standard InChI is InChI=1S/C12H24N2O2/c1-2-10-3-6-12(16,7-4-10)9-14-11(15)5-8-13/h10,16H,2-9,13H2,1H3,(H,14,15). The van der Waals surface area contributed by atoms with E-state index in [1.165, 1.54) is 6.42 Å². The van der Waals surface area contributed by atoms with Gasteiger partial charge in [0.15, 0.2) is 0 Å². The Morgan fingerprint density at radius 2 is 2.12 bits per heavy atom. The minimum atomic E-state index is -0.685. The molecule has 0 radical (unpaired) electrons. The van der Waals surface area contributed by atoms with Crippen molar-refractivity contribution in [2.24, 2.45) is 11.7 Å². The minimum absolute atomic E-state index is 0.0615. The molecular formula is C12H24N2O2. The second kappa shape index (κ2) is 6.21. The molecule has 0 bridgehead atoms. The lowest BCUT2D eigenvalue weighted by molar-refractivity contribution is -0.122. The molecule has 1 saturated carbocycles. The van der Waals surface area contributed by atoms with E-state index < -0.39 is 5.60 Å². The zero-order chi connectivity index (χ0) is 12.0. The van der Waals surface area contributed by atoms with E-state index in [2.05, 4.69) is 12.2 Å². The molecule has 1 aliphatic rings. The van der Waals surface area contributed by atoms with Crippen molar-refractivity contribution in [1.82, 2.24) is 5.32 Å². The number of amides is 1. The highest BCUT2D eigenvalue weighted by Crippen LogP contribution is 2.33. The first-order valence-electron chi connectivity index (χ1n) is 6.29. The van der Waals surface area contributed by atoms with Crippen molar-refractivity contribution >= 4 is 5.91 Å². The van der Waals surface area contributed by atoms with Gasteiger partial charge >= 0.3 is 0 Å². The molecule has 1 fully saturated rings. The van der Waals surface area contributed by atoms with Gasteiger partial charge in [0.2, 0.25) is 5.91 Å². The summed E-state index contributed by atoms with van der Waals surface area (Å²) in [7, 11) is 0. The molecule has 1 rings (SSSR count). The maximum absolute atomic E-state index is 11.2. The van der Waals surface area contributed by atoms with Gasteiger partial charge in [-0.3, -0.25) is 4.79 Å². The molecule has 16 heavy (non-hydrogen) atoms. The second-order valence-electron chi connectivity index (χ2n) is 4.89. The summed E-state index contributed by atoms with van der Waals surface area (Å²) in [6.07, 6.45) is 5.27. The van der Waals surface area contributed by atoms with Gasteiger partial charge in [-0.05, 0) is 31.6 Å². The first kappa shape index (κ1) is 13.5. The molecule has 94 valence electrons. The molecule has 0 aromatic heterocycles. The van der Waals surface area contributed by atoms with Crippen LogP contribution in [0.5, 0.6) is 0 Å². The van der Waals surface area contributed by atoms with Gasteiger partial charge in [-0.1, -0.05) is 13.3 Å². The van der Waals surface area contributed by atoms with Crippen molar-refractivity contribution in [2.75, 3.05) is 13.1 Å². The SMILES string of the molecule is CCC1CCC(O)(CNC(=O)CCN)CC1. The van der Waals surface area contributed by atoms with Gasteiger partial charge in [0.05, 0.1) is 5.60 Å². The third kappa shape index (κ3) is 4.10. The van der Waals surface area contributed by atoms with Crippen LogP contribution in [0.1, 0.15) is 45.4 Å². The quantitative estimate of drug-likeness (QED) is 0.651. The van der Waals surface area contributed by atoms with Gasteiger partial charge in [-0.15, -0.1) is 0 Å². The summed E-state index contributed by atoms with van der Waals surface area (Å²) in [5.74, 6) is 0.688.